The molecule has 0 radical (unpaired) electrons. The third-order valence-corrected chi connectivity index (χ3v) is 4.84. The van der Waals surface area contributed by atoms with Crippen LogP contribution < -0.4 is 15.7 Å². The summed E-state index contributed by atoms with van der Waals surface area (Å²) in [5, 5.41) is 3.75. The molecule has 3 aromatic carbocycles. The number of aryl methyl sites for hydroxylation is 2. The molecule has 1 aromatic heterocycles. The molecule has 0 aliphatic heterocycles. The van der Waals surface area contributed by atoms with Gasteiger partial charge in [0.1, 0.15) is 11.3 Å². The minimum Gasteiger partial charge on any atom is -0.476 e. The van der Waals surface area contributed by atoms with Gasteiger partial charge in [-0.15, -0.1) is 0 Å². The summed E-state index contributed by atoms with van der Waals surface area (Å²) in [6.45, 7) is 3.92. The molecule has 0 spiro atoms. The van der Waals surface area contributed by atoms with Gasteiger partial charge in [-0.25, -0.2) is 4.79 Å². The molecular formula is C25H21NO4. The molecule has 0 fully saturated rings. The number of benzene rings is 3. The monoisotopic (exact) mass is 399 g/mol. The lowest BCUT2D eigenvalue weighted by Gasteiger charge is -2.20. The van der Waals surface area contributed by atoms with Crippen molar-refractivity contribution in [1.82, 2.24) is 0 Å². The van der Waals surface area contributed by atoms with E-state index in [9.17, 15) is 9.59 Å². The van der Waals surface area contributed by atoms with Gasteiger partial charge in [-0.1, -0.05) is 42.5 Å². The highest BCUT2D eigenvalue weighted by atomic mass is 16.5. The van der Waals surface area contributed by atoms with E-state index in [1.165, 1.54) is 6.07 Å². The number of ether oxygens (including phenoxy) is 1. The van der Waals surface area contributed by atoms with Crippen LogP contribution in [0.4, 0.5) is 5.69 Å². The molecule has 0 bridgehead atoms. The molecule has 1 atom stereocenters. The second kappa shape index (κ2) is 8.25. The van der Waals surface area contributed by atoms with E-state index in [1.807, 2.05) is 62.4 Å². The summed E-state index contributed by atoms with van der Waals surface area (Å²) in [6.07, 6.45) is -0.876. The van der Waals surface area contributed by atoms with Crippen molar-refractivity contribution in [3.05, 3.63) is 106 Å². The molecule has 4 rings (SSSR count). The third kappa shape index (κ3) is 4.25. The van der Waals surface area contributed by atoms with E-state index in [1.54, 1.807) is 24.3 Å². The lowest BCUT2D eigenvalue weighted by Crippen LogP contribution is -2.26. The van der Waals surface area contributed by atoms with Crippen LogP contribution in [0.15, 0.2) is 88.1 Å². The van der Waals surface area contributed by atoms with E-state index >= 15 is 0 Å². The quantitative estimate of drug-likeness (QED) is 0.470. The Kier molecular flexibility index (Phi) is 5.35. The highest BCUT2D eigenvalue weighted by Crippen LogP contribution is 2.27. The van der Waals surface area contributed by atoms with Gasteiger partial charge in [-0.2, -0.15) is 0 Å². The molecule has 1 N–H and O–H groups in total. The van der Waals surface area contributed by atoms with Crippen LogP contribution >= 0.6 is 0 Å². The van der Waals surface area contributed by atoms with Crippen molar-refractivity contribution < 1.29 is 13.9 Å². The molecule has 0 aliphatic carbocycles. The number of anilines is 1. The fourth-order valence-corrected chi connectivity index (χ4v) is 3.22. The zero-order valence-electron chi connectivity index (χ0n) is 16.7. The van der Waals surface area contributed by atoms with Crippen molar-refractivity contribution in [2.24, 2.45) is 0 Å². The van der Waals surface area contributed by atoms with Crippen LogP contribution in [0, 0.1) is 13.8 Å². The van der Waals surface area contributed by atoms with Gasteiger partial charge in [0.2, 0.25) is 6.10 Å². The highest BCUT2D eigenvalue weighted by Gasteiger charge is 2.23. The summed E-state index contributed by atoms with van der Waals surface area (Å²) >= 11 is 0. The average molecular weight is 399 g/mol. The molecule has 0 saturated heterocycles. The summed E-state index contributed by atoms with van der Waals surface area (Å²) in [5.74, 6) is 0.145. The van der Waals surface area contributed by atoms with Crippen molar-refractivity contribution in [3.8, 4) is 5.75 Å². The summed E-state index contributed by atoms with van der Waals surface area (Å²) in [5.41, 5.74) is 3.45. The first-order valence-electron chi connectivity index (χ1n) is 9.63. The molecule has 5 nitrogen and oxygen atoms in total. The second-order valence-corrected chi connectivity index (χ2v) is 7.17. The molecule has 1 amide bonds. The summed E-state index contributed by atoms with van der Waals surface area (Å²) in [4.78, 5) is 24.7. The minimum absolute atomic E-state index is 0.287. The molecule has 5 heteroatoms. The van der Waals surface area contributed by atoms with Gasteiger partial charge in [0.25, 0.3) is 5.91 Å². The highest BCUT2D eigenvalue weighted by molar-refractivity contribution is 5.96. The SMILES string of the molecule is Cc1ccc(C)c(NC(=O)[C@H](Oc2ccc3ccc(=O)oc3c2)c2ccccc2)c1. The van der Waals surface area contributed by atoms with Crippen molar-refractivity contribution in [3.63, 3.8) is 0 Å². The normalized spacial score (nSPS) is 11.8. The van der Waals surface area contributed by atoms with Gasteiger partial charge in [0, 0.05) is 28.8 Å². The summed E-state index contributed by atoms with van der Waals surface area (Å²) in [6, 6.07) is 23.4. The average Bonchev–Trinajstić information content (AvgIpc) is 2.75. The molecule has 0 unspecified atom stereocenters. The maximum atomic E-state index is 13.2. The molecule has 30 heavy (non-hydrogen) atoms. The van der Waals surface area contributed by atoms with Gasteiger partial charge >= 0.3 is 5.63 Å². The number of hydrogen-bond donors (Lipinski definition) is 1. The maximum absolute atomic E-state index is 13.2. The Morgan fingerprint density at radius 1 is 0.933 bits per heavy atom. The lowest BCUT2D eigenvalue weighted by molar-refractivity contribution is -0.123. The van der Waals surface area contributed by atoms with Gasteiger partial charge in [-0.05, 0) is 49.2 Å². The smallest absolute Gasteiger partial charge is 0.336 e. The van der Waals surface area contributed by atoms with E-state index in [0.29, 0.717) is 11.3 Å². The molecular weight excluding hydrogens is 378 g/mol. The van der Waals surface area contributed by atoms with Crippen LogP contribution in [0.5, 0.6) is 5.75 Å². The summed E-state index contributed by atoms with van der Waals surface area (Å²) in [7, 11) is 0. The molecule has 150 valence electrons. The Bertz CT molecular complexity index is 1260. The standard InChI is InChI=1S/C25H21NO4/c1-16-8-9-17(2)21(14-16)26-25(28)24(19-6-4-3-5-7-19)29-20-12-10-18-11-13-23(27)30-22(18)15-20/h3-15,24H,1-2H3,(H,26,28)/t24-/m1/s1. The number of hydrogen-bond acceptors (Lipinski definition) is 4. The second-order valence-electron chi connectivity index (χ2n) is 7.17. The van der Waals surface area contributed by atoms with E-state index in [0.717, 1.165) is 27.8 Å². The van der Waals surface area contributed by atoms with E-state index in [2.05, 4.69) is 5.32 Å². The van der Waals surface area contributed by atoms with E-state index in [-0.39, 0.29) is 5.91 Å². The van der Waals surface area contributed by atoms with E-state index in [4.69, 9.17) is 9.15 Å². The molecule has 0 aliphatic rings. The Balaban J connectivity index is 1.67. The summed E-state index contributed by atoms with van der Waals surface area (Å²) < 4.78 is 11.3. The Hall–Kier alpha value is -3.86. The van der Waals surface area contributed by atoms with Crippen LogP contribution in [-0.2, 0) is 4.79 Å². The van der Waals surface area contributed by atoms with Crippen molar-refractivity contribution in [2.75, 3.05) is 5.32 Å². The number of carbonyl (C=O) groups excluding carboxylic acids is 1. The van der Waals surface area contributed by atoms with Gasteiger partial charge in [0.05, 0.1) is 0 Å². The minimum atomic E-state index is -0.876. The van der Waals surface area contributed by atoms with Crippen LogP contribution in [0.3, 0.4) is 0 Å². The largest absolute Gasteiger partial charge is 0.476 e. The number of rotatable bonds is 5. The Morgan fingerprint density at radius 2 is 1.70 bits per heavy atom. The zero-order chi connectivity index (χ0) is 21.1. The Labute approximate surface area is 173 Å². The van der Waals surface area contributed by atoms with Gasteiger partial charge in [-0.3, -0.25) is 4.79 Å². The topological polar surface area (TPSA) is 68.5 Å². The predicted molar refractivity (Wildman–Crippen MR) is 117 cm³/mol. The number of fused-ring (bicyclic) bond motifs is 1. The number of carbonyl (C=O) groups is 1. The number of amides is 1. The predicted octanol–water partition coefficient (Wildman–Crippen LogP) is 5.17. The number of nitrogens with one attached hydrogen (secondary N) is 1. The van der Waals surface area contributed by atoms with E-state index < -0.39 is 11.7 Å². The third-order valence-electron chi connectivity index (χ3n) is 4.84. The van der Waals surface area contributed by atoms with Crippen LogP contribution in [0.2, 0.25) is 0 Å². The fourth-order valence-electron chi connectivity index (χ4n) is 3.22. The lowest BCUT2D eigenvalue weighted by atomic mass is 10.1. The molecule has 1 heterocycles. The molecule has 4 aromatic rings. The van der Waals surface area contributed by atoms with Crippen molar-refractivity contribution in [2.45, 2.75) is 20.0 Å². The fraction of sp³-hybridized carbons (Fsp3) is 0.120. The first-order chi connectivity index (χ1) is 14.5. The maximum Gasteiger partial charge on any atom is 0.336 e. The Morgan fingerprint density at radius 3 is 2.50 bits per heavy atom. The first-order valence-corrected chi connectivity index (χ1v) is 9.63. The van der Waals surface area contributed by atoms with Crippen LogP contribution in [0.25, 0.3) is 11.0 Å². The van der Waals surface area contributed by atoms with Crippen molar-refractivity contribution >= 4 is 22.6 Å². The van der Waals surface area contributed by atoms with Gasteiger partial charge < -0.3 is 14.5 Å². The van der Waals surface area contributed by atoms with Crippen LogP contribution in [0.1, 0.15) is 22.8 Å². The van der Waals surface area contributed by atoms with Crippen LogP contribution in [-0.4, -0.2) is 5.91 Å². The first kappa shape index (κ1) is 19.5. The molecule has 0 saturated carbocycles. The zero-order valence-corrected chi connectivity index (χ0v) is 16.7. The van der Waals surface area contributed by atoms with Crippen molar-refractivity contribution in [1.29, 1.82) is 0 Å². The van der Waals surface area contributed by atoms with Gasteiger partial charge in [0.15, 0.2) is 0 Å².